The normalized spacial score (nSPS) is 11.9. The first-order chi connectivity index (χ1) is 12.1. The first-order valence-electron chi connectivity index (χ1n) is 8.20. The molecule has 0 N–H and O–H groups in total. The molecule has 128 valence electrons. The van der Waals surface area contributed by atoms with E-state index in [0.717, 1.165) is 16.3 Å². The molecule has 0 fully saturated rings. The van der Waals surface area contributed by atoms with Crippen molar-refractivity contribution in [1.82, 2.24) is 14.8 Å². The Morgan fingerprint density at radius 1 is 1.20 bits per heavy atom. The van der Waals surface area contributed by atoms with Gasteiger partial charge in [0.05, 0.1) is 13.0 Å². The fourth-order valence-corrected chi connectivity index (χ4v) is 2.49. The molecule has 0 atom stereocenters. The second-order valence-electron chi connectivity index (χ2n) is 6.25. The van der Waals surface area contributed by atoms with Crippen LogP contribution in [-0.4, -0.2) is 26.4 Å². The Morgan fingerprint density at radius 2 is 2.00 bits per heavy atom. The maximum atomic E-state index is 11.8. The molecule has 0 amide bonds. The summed E-state index contributed by atoms with van der Waals surface area (Å²) in [6.45, 7) is 4.29. The zero-order valence-corrected chi connectivity index (χ0v) is 14.3. The van der Waals surface area contributed by atoms with E-state index in [1.165, 1.54) is 6.33 Å². The number of benzene rings is 2. The minimum Gasteiger partial charge on any atom is -0.318 e. The van der Waals surface area contributed by atoms with Crippen LogP contribution in [0.4, 0.5) is 0 Å². The van der Waals surface area contributed by atoms with Gasteiger partial charge in [-0.15, -0.1) is 0 Å². The third-order valence-electron chi connectivity index (χ3n) is 3.69. The van der Waals surface area contributed by atoms with Gasteiger partial charge in [-0.3, -0.25) is 0 Å². The molecule has 6 heteroatoms. The van der Waals surface area contributed by atoms with E-state index >= 15 is 0 Å². The molecule has 0 aliphatic carbocycles. The molecule has 25 heavy (non-hydrogen) atoms. The number of nitrogens with zero attached hydrogens (tertiary/aromatic N) is 4. The van der Waals surface area contributed by atoms with Crippen LogP contribution in [-0.2, 0) is 16.2 Å². The molecule has 0 unspecified atom stereocenters. The van der Waals surface area contributed by atoms with Gasteiger partial charge in [-0.2, -0.15) is 5.10 Å². The van der Waals surface area contributed by atoms with E-state index in [0.29, 0.717) is 18.7 Å². The van der Waals surface area contributed by atoms with Crippen LogP contribution in [0.2, 0.25) is 0 Å². The molecule has 0 saturated heterocycles. The van der Waals surface area contributed by atoms with E-state index in [2.05, 4.69) is 21.3 Å². The van der Waals surface area contributed by atoms with Crippen molar-refractivity contribution in [2.24, 2.45) is 11.1 Å². The molecule has 6 nitrogen and oxygen atoms in total. The van der Waals surface area contributed by atoms with Crippen LogP contribution in [0, 0.1) is 5.92 Å². The third kappa shape index (κ3) is 4.50. The lowest BCUT2D eigenvalue weighted by Gasteiger charge is -2.08. The van der Waals surface area contributed by atoms with Gasteiger partial charge in [0, 0.05) is 5.56 Å². The number of fused-ring (bicyclic) bond motifs is 1. The second-order valence-corrected chi connectivity index (χ2v) is 6.25. The Hall–Kier alpha value is -3.02. The van der Waals surface area contributed by atoms with Gasteiger partial charge in [0.15, 0.2) is 0 Å². The zero-order valence-electron chi connectivity index (χ0n) is 14.3. The molecule has 3 aromatic rings. The highest BCUT2D eigenvalue weighted by molar-refractivity contribution is 6.03. The van der Waals surface area contributed by atoms with Crippen LogP contribution < -0.4 is 0 Å². The smallest absolute Gasteiger partial charge is 0.318 e. The molecule has 0 spiro atoms. The molecule has 0 aliphatic rings. The van der Waals surface area contributed by atoms with Gasteiger partial charge in [0.2, 0.25) is 0 Å². The van der Waals surface area contributed by atoms with Crippen molar-refractivity contribution in [3.63, 3.8) is 0 Å². The van der Waals surface area contributed by atoms with E-state index in [-0.39, 0.29) is 11.9 Å². The predicted octanol–water partition coefficient (Wildman–Crippen LogP) is 3.42. The minimum absolute atomic E-state index is 0.224. The van der Waals surface area contributed by atoms with E-state index < -0.39 is 0 Å². The van der Waals surface area contributed by atoms with Crippen LogP contribution in [0.15, 0.2) is 60.3 Å². The number of oxime groups is 1. The van der Waals surface area contributed by atoms with Crippen molar-refractivity contribution in [2.45, 2.75) is 26.8 Å². The number of hydrogen-bond acceptors (Lipinski definition) is 5. The summed E-state index contributed by atoms with van der Waals surface area (Å²) in [5.41, 5.74) is 1.50. The quantitative estimate of drug-likeness (QED) is 0.393. The number of aromatic nitrogens is 3. The molecular formula is C19H20N4O2. The molecule has 0 aliphatic heterocycles. The van der Waals surface area contributed by atoms with E-state index in [1.54, 1.807) is 11.0 Å². The van der Waals surface area contributed by atoms with Gasteiger partial charge in [0.25, 0.3) is 0 Å². The fourth-order valence-electron chi connectivity index (χ4n) is 2.49. The van der Waals surface area contributed by atoms with Crippen LogP contribution in [0.5, 0.6) is 0 Å². The number of carbonyl (C=O) groups excluding carboxylic acids is 1. The Labute approximate surface area is 146 Å². The molecular weight excluding hydrogens is 316 g/mol. The van der Waals surface area contributed by atoms with Crippen LogP contribution in [0.1, 0.15) is 25.8 Å². The predicted molar refractivity (Wildman–Crippen MR) is 96.1 cm³/mol. The maximum absolute atomic E-state index is 11.8. The van der Waals surface area contributed by atoms with Gasteiger partial charge in [-0.05, 0) is 22.8 Å². The first kappa shape index (κ1) is 16.8. The van der Waals surface area contributed by atoms with Crippen LogP contribution in [0.3, 0.4) is 0 Å². The molecule has 2 aromatic carbocycles. The number of rotatable bonds is 6. The fraction of sp³-hybridized carbons (Fsp3) is 0.263. The standard InChI is InChI=1S/C19H20N4O2/c1-14(2)9-19(24)25-22-18(11-23-13-20-12-21-23)17-8-7-15-5-3-4-6-16(15)10-17/h3-8,10,12-14H,9,11H2,1-2H3/b22-18+. The summed E-state index contributed by atoms with van der Waals surface area (Å²) in [6, 6.07) is 14.1. The van der Waals surface area contributed by atoms with Crippen molar-refractivity contribution in [1.29, 1.82) is 0 Å². The third-order valence-corrected chi connectivity index (χ3v) is 3.69. The summed E-state index contributed by atoms with van der Waals surface area (Å²) in [6.07, 6.45) is 3.40. The monoisotopic (exact) mass is 336 g/mol. The Bertz CT molecular complexity index is 885. The van der Waals surface area contributed by atoms with Crippen LogP contribution >= 0.6 is 0 Å². The molecule has 0 radical (unpaired) electrons. The summed E-state index contributed by atoms with van der Waals surface area (Å²) in [4.78, 5) is 20.9. The van der Waals surface area contributed by atoms with Crippen molar-refractivity contribution < 1.29 is 9.63 Å². The summed E-state index contributed by atoms with van der Waals surface area (Å²) >= 11 is 0. The van der Waals surface area contributed by atoms with E-state index in [9.17, 15) is 4.79 Å². The van der Waals surface area contributed by atoms with Gasteiger partial charge in [-0.25, -0.2) is 14.5 Å². The molecule has 0 bridgehead atoms. The van der Waals surface area contributed by atoms with Crippen molar-refractivity contribution in [3.05, 3.63) is 60.7 Å². The molecule has 0 saturated carbocycles. The summed E-state index contributed by atoms with van der Waals surface area (Å²) in [7, 11) is 0. The highest BCUT2D eigenvalue weighted by Crippen LogP contribution is 2.17. The van der Waals surface area contributed by atoms with Crippen molar-refractivity contribution >= 4 is 22.5 Å². The summed E-state index contributed by atoms with van der Waals surface area (Å²) in [5, 5.41) is 10.4. The maximum Gasteiger partial charge on any atom is 0.335 e. The molecule has 1 heterocycles. The number of hydrogen-bond donors (Lipinski definition) is 0. The highest BCUT2D eigenvalue weighted by Gasteiger charge is 2.11. The Balaban J connectivity index is 1.89. The van der Waals surface area contributed by atoms with E-state index in [1.807, 2.05) is 50.2 Å². The minimum atomic E-state index is -0.341. The molecule has 3 rings (SSSR count). The van der Waals surface area contributed by atoms with Gasteiger partial charge < -0.3 is 4.84 Å². The average molecular weight is 336 g/mol. The van der Waals surface area contributed by atoms with Crippen molar-refractivity contribution in [3.8, 4) is 0 Å². The number of carbonyl (C=O) groups is 1. The van der Waals surface area contributed by atoms with Crippen molar-refractivity contribution in [2.75, 3.05) is 0 Å². The van der Waals surface area contributed by atoms with Gasteiger partial charge in [-0.1, -0.05) is 55.4 Å². The lowest BCUT2D eigenvalue weighted by Crippen LogP contribution is -2.14. The lowest BCUT2D eigenvalue weighted by atomic mass is 10.0. The van der Waals surface area contributed by atoms with Crippen LogP contribution in [0.25, 0.3) is 10.8 Å². The average Bonchev–Trinajstić information content (AvgIpc) is 3.10. The molecule has 1 aromatic heterocycles. The van der Waals surface area contributed by atoms with Gasteiger partial charge in [0.1, 0.15) is 18.4 Å². The Kier molecular flexibility index (Phi) is 5.18. The topological polar surface area (TPSA) is 69.4 Å². The van der Waals surface area contributed by atoms with E-state index in [4.69, 9.17) is 4.84 Å². The summed E-state index contributed by atoms with van der Waals surface area (Å²) in [5.74, 6) is -0.117. The highest BCUT2D eigenvalue weighted by atomic mass is 16.7. The van der Waals surface area contributed by atoms with Gasteiger partial charge >= 0.3 is 5.97 Å². The SMILES string of the molecule is CC(C)CC(=O)O/N=C(\Cn1cncn1)c1ccc2ccccc2c1. The second kappa shape index (κ2) is 7.70. The summed E-state index contributed by atoms with van der Waals surface area (Å²) < 4.78 is 1.64. The zero-order chi connectivity index (χ0) is 17.6. The first-order valence-corrected chi connectivity index (χ1v) is 8.20. The lowest BCUT2D eigenvalue weighted by molar-refractivity contribution is -0.144. The Morgan fingerprint density at radius 3 is 2.72 bits per heavy atom. The largest absolute Gasteiger partial charge is 0.335 e.